The Morgan fingerprint density at radius 1 is 1.02 bits per heavy atom. The van der Waals surface area contributed by atoms with Gasteiger partial charge in [0.05, 0.1) is 34.7 Å². The van der Waals surface area contributed by atoms with Gasteiger partial charge in [-0.3, -0.25) is 14.9 Å². The number of hydrogen-bond donors (Lipinski definition) is 8. The lowest BCUT2D eigenvalue weighted by molar-refractivity contribution is -0.271. The fraction of sp³-hybridized carbons (Fsp3) is 0.429. The van der Waals surface area contributed by atoms with Gasteiger partial charge in [-0.05, 0) is 48.6 Å². The van der Waals surface area contributed by atoms with Crippen molar-refractivity contribution >= 4 is 46.2 Å². The van der Waals surface area contributed by atoms with Crippen molar-refractivity contribution < 1.29 is 73.1 Å². The number of unbranched alkanes of at least 4 members (excludes halogenated alkanes) is 1. The van der Waals surface area contributed by atoms with Crippen LogP contribution in [0.15, 0.2) is 35.1 Å². The number of anilines is 2. The Balaban J connectivity index is 1.10. The smallest absolute Gasteiger partial charge is 0.412 e. The molecule has 0 unspecified atom stereocenters. The van der Waals surface area contributed by atoms with E-state index in [1.54, 1.807) is 19.1 Å². The normalized spacial score (nSPS) is 23.0. The van der Waals surface area contributed by atoms with Crippen LogP contribution < -0.4 is 36.1 Å². The number of hydrogen-bond acceptors (Lipinski definition) is 17. The number of esters is 1. The number of nitrogens with one attached hydrogen (secondary N) is 2. The molecule has 4 aliphatic rings. The summed E-state index contributed by atoms with van der Waals surface area (Å²) < 4.78 is 35.0. The van der Waals surface area contributed by atoms with Crippen LogP contribution in [0.25, 0.3) is 22.3 Å². The first kappa shape index (κ1) is 43.3. The molecule has 2 aromatic heterocycles. The summed E-state index contributed by atoms with van der Waals surface area (Å²) >= 11 is 0. The summed E-state index contributed by atoms with van der Waals surface area (Å²) in [6, 6.07) is 7.49. The van der Waals surface area contributed by atoms with Crippen molar-refractivity contribution in [3.63, 3.8) is 0 Å². The molecule has 1 fully saturated rings. The molecule has 63 heavy (non-hydrogen) atoms. The van der Waals surface area contributed by atoms with Gasteiger partial charge >= 0.3 is 18.0 Å². The number of carboxylic acids is 1. The number of carbonyl (C=O) groups is 4. The molecule has 6 atom stereocenters. The number of fused-ring (bicyclic) bond motifs is 6. The highest BCUT2D eigenvalue weighted by Gasteiger charge is 2.49. The van der Waals surface area contributed by atoms with Crippen LogP contribution in [0.5, 0.6) is 17.2 Å². The third kappa shape index (κ3) is 7.65. The van der Waals surface area contributed by atoms with Gasteiger partial charge in [-0.1, -0.05) is 26.3 Å². The lowest BCUT2D eigenvalue weighted by Crippen LogP contribution is -2.61. The van der Waals surface area contributed by atoms with Gasteiger partial charge in [-0.25, -0.2) is 19.4 Å². The van der Waals surface area contributed by atoms with Gasteiger partial charge in [0.25, 0.3) is 5.56 Å². The molecular weight excluding hydrogens is 830 g/mol. The Morgan fingerprint density at radius 2 is 1.81 bits per heavy atom. The number of amides is 2. The molecule has 2 amide bonds. The maximum atomic E-state index is 14.0. The zero-order chi connectivity index (χ0) is 44.9. The first-order chi connectivity index (χ1) is 30.2. The minimum Gasteiger partial charge on any atom is -0.479 e. The van der Waals surface area contributed by atoms with Gasteiger partial charge in [-0.15, -0.1) is 0 Å². The van der Waals surface area contributed by atoms with E-state index in [0.717, 1.165) is 18.4 Å². The molecule has 2 aromatic carbocycles. The predicted octanol–water partition coefficient (Wildman–Crippen LogP) is 1.46. The largest absolute Gasteiger partial charge is 0.479 e. The second-order valence-electron chi connectivity index (χ2n) is 15.5. The summed E-state index contributed by atoms with van der Waals surface area (Å²) in [5, 5.41) is 57.7. The lowest BCUT2D eigenvalue weighted by atomic mass is 9.86. The van der Waals surface area contributed by atoms with E-state index in [-0.39, 0.29) is 85.7 Å². The molecule has 334 valence electrons. The summed E-state index contributed by atoms with van der Waals surface area (Å²) in [6.45, 7) is 2.97. The molecule has 0 aliphatic carbocycles. The van der Waals surface area contributed by atoms with Crippen LogP contribution in [0.1, 0.15) is 67.3 Å². The molecule has 0 radical (unpaired) electrons. The molecule has 0 bridgehead atoms. The first-order valence-electron chi connectivity index (χ1n) is 20.3. The number of aliphatic carboxylic acids is 1. The third-order valence-electron chi connectivity index (χ3n) is 11.6. The van der Waals surface area contributed by atoms with E-state index in [4.69, 9.17) is 39.1 Å². The van der Waals surface area contributed by atoms with Crippen LogP contribution in [-0.4, -0.2) is 103 Å². The fourth-order valence-electron chi connectivity index (χ4n) is 8.22. The van der Waals surface area contributed by atoms with Gasteiger partial charge in [0.2, 0.25) is 19.0 Å². The van der Waals surface area contributed by atoms with Crippen LogP contribution in [0.3, 0.4) is 0 Å². The molecule has 21 heteroatoms. The van der Waals surface area contributed by atoms with E-state index in [2.05, 4.69) is 10.6 Å². The monoisotopic (exact) mass is 875 g/mol. The van der Waals surface area contributed by atoms with Gasteiger partial charge in [0, 0.05) is 35.5 Å². The van der Waals surface area contributed by atoms with Crippen molar-refractivity contribution in [1.82, 2.24) is 9.55 Å². The van der Waals surface area contributed by atoms with Crippen LogP contribution >= 0.6 is 0 Å². The predicted molar refractivity (Wildman–Crippen MR) is 217 cm³/mol. The van der Waals surface area contributed by atoms with Crippen molar-refractivity contribution in [2.75, 3.05) is 24.0 Å². The van der Waals surface area contributed by atoms with E-state index in [1.807, 2.05) is 6.92 Å². The van der Waals surface area contributed by atoms with Gasteiger partial charge in [0.1, 0.15) is 43.0 Å². The topological polar surface area (TPSA) is 310 Å². The van der Waals surface area contributed by atoms with E-state index < -0.39 is 65.8 Å². The van der Waals surface area contributed by atoms with Crippen LogP contribution in [0, 0.1) is 0 Å². The highest BCUT2D eigenvalue weighted by Crippen LogP contribution is 2.49. The number of aliphatic hydroxyl groups excluding tert-OH is 3. The van der Waals surface area contributed by atoms with Gasteiger partial charge in [-0.2, -0.15) is 0 Å². The van der Waals surface area contributed by atoms with E-state index in [1.165, 1.54) is 22.8 Å². The Hall–Kier alpha value is -6.36. The summed E-state index contributed by atoms with van der Waals surface area (Å²) in [5.74, 6) is -2.59. The number of aliphatic hydroxyl groups is 4. The average Bonchev–Trinajstić information content (AvgIpc) is 3.89. The second-order valence-corrected chi connectivity index (χ2v) is 15.5. The maximum absolute atomic E-state index is 14.0. The van der Waals surface area contributed by atoms with E-state index in [9.17, 15) is 49.5 Å². The Morgan fingerprint density at radius 3 is 2.54 bits per heavy atom. The number of ether oxygens (including phenoxy) is 6. The molecule has 4 aliphatic heterocycles. The average molecular weight is 876 g/mol. The summed E-state index contributed by atoms with van der Waals surface area (Å²) in [6.07, 6.45) is -8.49. The molecule has 6 heterocycles. The van der Waals surface area contributed by atoms with Crippen molar-refractivity contribution in [2.45, 2.75) is 102 Å². The zero-order valence-electron chi connectivity index (χ0n) is 34.0. The number of rotatable bonds is 13. The van der Waals surface area contributed by atoms with Crippen molar-refractivity contribution in [1.29, 1.82) is 0 Å². The van der Waals surface area contributed by atoms with Crippen molar-refractivity contribution in [2.24, 2.45) is 5.73 Å². The van der Waals surface area contributed by atoms with Gasteiger partial charge < -0.3 is 69.6 Å². The number of nitrogens with zero attached hydrogens (tertiary/aromatic N) is 2. The quantitative estimate of drug-likeness (QED) is 0.0777. The minimum atomic E-state index is -2.01. The molecule has 9 N–H and O–H groups in total. The second kappa shape index (κ2) is 17.1. The number of nitrogens with two attached hydrogens (primary N) is 1. The number of aryl methyl sites for hydroxylation is 1. The van der Waals surface area contributed by atoms with Crippen LogP contribution in [0.2, 0.25) is 0 Å². The van der Waals surface area contributed by atoms with Crippen LogP contribution in [-0.2, 0) is 60.4 Å². The summed E-state index contributed by atoms with van der Waals surface area (Å²) in [5.41, 5.74) is 6.81. The number of pyridine rings is 2. The highest BCUT2D eigenvalue weighted by atomic mass is 16.7. The lowest BCUT2D eigenvalue weighted by Gasteiger charge is -2.38. The third-order valence-corrected chi connectivity index (χ3v) is 11.6. The molecule has 0 saturated carbocycles. The number of cyclic esters (lactones) is 1. The molecule has 21 nitrogen and oxygen atoms in total. The van der Waals surface area contributed by atoms with Crippen molar-refractivity contribution in [3.05, 3.63) is 68.5 Å². The highest BCUT2D eigenvalue weighted by molar-refractivity contribution is 6.06. The molecule has 8 rings (SSSR count). The summed E-state index contributed by atoms with van der Waals surface area (Å²) in [7, 11) is 0. The molecule has 0 spiro atoms. The van der Waals surface area contributed by atoms with E-state index >= 15 is 0 Å². The first-order valence-corrected chi connectivity index (χ1v) is 20.3. The Labute approximate surface area is 357 Å². The molecule has 1 saturated heterocycles. The Kier molecular flexibility index (Phi) is 11.7. The summed E-state index contributed by atoms with van der Waals surface area (Å²) in [4.78, 5) is 69.7. The SMILES string of the molecule is CCCCc1c2c(nc3cc4c(c(NC(=O)OCc5ccc(O[C@@H]6O[C@H](C(=O)O)[C@@H](O)[C@H](O)[C@H]6O)c(NC(=O)CCN)c5)c13)OCO4)-c1cc3c(c(=O)n1C2)COC(=O)[C@]3(O)CC. The molecular formula is C42H45N5O16. The van der Waals surface area contributed by atoms with Crippen molar-refractivity contribution in [3.8, 4) is 28.6 Å². The molecule has 4 aromatic rings. The zero-order valence-corrected chi connectivity index (χ0v) is 34.0. The minimum absolute atomic E-state index is 0.000856. The van der Waals surface area contributed by atoms with Gasteiger partial charge in [0.15, 0.2) is 23.2 Å². The Bertz CT molecular complexity index is 2600. The number of benzene rings is 2. The maximum Gasteiger partial charge on any atom is 0.412 e. The fourth-order valence-corrected chi connectivity index (χ4v) is 8.22. The number of carbonyl (C=O) groups excluding carboxylic acids is 3. The number of aromatic nitrogens is 2. The van der Waals surface area contributed by atoms with Crippen LogP contribution in [0.4, 0.5) is 16.2 Å². The number of carboxylic acid groups (broad SMARTS) is 1. The van der Waals surface area contributed by atoms with E-state index in [0.29, 0.717) is 39.8 Å². The standard InChI is InChI=1S/C42H45N5O16/c1-3-5-6-19-20-14-47-25(12-22-21(37(47)52)16-58-40(55)42(22,57)4-2)30(20)45-24-13-27-35(61-17-60-27)31(29(19)24)46-41(56)59-15-18-7-8-26(23(11-18)44-28(48)9-10-43)62-39-34(51)32(49)33(50)36(63-39)38(53)54/h7-8,11-13,32-34,36,39,49-51,57H,3-6,9-10,14-17,43H2,1-2H3,(H,44,48)(H,46,56)(H,53,54)/t32-,33-,34+,36-,39+,42-/m0/s1.